The van der Waals surface area contributed by atoms with E-state index in [4.69, 9.17) is 4.42 Å². The van der Waals surface area contributed by atoms with Crippen LogP contribution in [0.2, 0.25) is 0 Å². The van der Waals surface area contributed by atoms with Gasteiger partial charge in [0.05, 0.1) is 0 Å². The number of carbonyl (C=O) groups excluding carboxylic acids is 1. The Hall–Kier alpha value is -1.68. The first-order chi connectivity index (χ1) is 11.2. The van der Waals surface area contributed by atoms with E-state index in [1.165, 1.54) is 38.8 Å². The van der Waals surface area contributed by atoms with Gasteiger partial charge in [0.1, 0.15) is 5.52 Å². The van der Waals surface area contributed by atoms with Gasteiger partial charge >= 0.3 is 0 Å². The minimum Gasteiger partial charge on any atom is -0.441 e. The van der Waals surface area contributed by atoms with Crippen LogP contribution in [0.3, 0.4) is 0 Å². The van der Waals surface area contributed by atoms with E-state index in [9.17, 15) is 4.79 Å². The highest BCUT2D eigenvalue weighted by atomic mass is 16.3. The lowest BCUT2D eigenvalue weighted by molar-refractivity contribution is -0.0274. The maximum atomic E-state index is 12.9. The minimum atomic E-state index is 0.269. The number of aromatic nitrogens is 1. The van der Waals surface area contributed by atoms with Crippen LogP contribution in [0.15, 0.2) is 22.6 Å². The number of fused-ring (bicyclic) bond motifs is 3. The van der Waals surface area contributed by atoms with Crippen molar-refractivity contribution in [2.24, 2.45) is 11.8 Å². The highest BCUT2D eigenvalue weighted by Gasteiger charge is 2.60. The quantitative estimate of drug-likeness (QED) is 0.813. The topological polar surface area (TPSA) is 46.3 Å². The zero-order chi connectivity index (χ0) is 15.6. The van der Waals surface area contributed by atoms with E-state index in [2.05, 4.69) is 9.88 Å². The van der Waals surface area contributed by atoms with Gasteiger partial charge in [-0.3, -0.25) is 9.69 Å². The molecule has 3 aliphatic heterocycles. The monoisotopic (exact) mass is 310 g/mol. The maximum Gasteiger partial charge on any atom is 0.192 e. The smallest absolute Gasteiger partial charge is 0.192 e. The lowest BCUT2D eigenvalue weighted by Gasteiger charge is -2.52. The largest absolute Gasteiger partial charge is 0.441 e. The molecule has 4 fully saturated rings. The zero-order valence-electron chi connectivity index (χ0n) is 13.5. The molecular weight excluding hydrogens is 288 g/mol. The Morgan fingerprint density at radius 2 is 2.13 bits per heavy atom. The van der Waals surface area contributed by atoms with Crippen LogP contribution < -0.4 is 0 Å². The Morgan fingerprint density at radius 1 is 1.35 bits per heavy atom. The average molecular weight is 310 g/mol. The summed E-state index contributed by atoms with van der Waals surface area (Å²) in [5.41, 5.74) is 2.72. The first-order valence-electron chi connectivity index (χ1n) is 8.81. The van der Waals surface area contributed by atoms with Crippen LogP contribution >= 0.6 is 0 Å². The molecule has 1 aromatic heterocycles. The van der Waals surface area contributed by atoms with E-state index in [0.29, 0.717) is 23.8 Å². The molecular formula is C19H22N2O2. The molecule has 4 nitrogen and oxygen atoms in total. The summed E-state index contributed by atoms with van der Waals surface area (Å²) in [7, 11) is 0. The first kappa shape index (κ1) is 13.7. The van der Waals surface area contributed by atoms with Gasteiger partial charge in [-0.25, -0.2) is 4.98 Å². The van der Waals surface area contributed by atoms with Crippen molar-refractivity contribution in [2.45, 2.75) is 44.6 Å². The second kappa shape index (κ2) is 4.67. The Morgan fingerprint density at radius 3 is 2.87 bits per heavy atom. The van der Waals surface area contributed by atoms with E-state index in [1.54, 1.807) is 0 Å². The maximum absolute atomic E-state index is 12.9. The lowest BCUT2D eigenvalue weighted by Crippen LogP contribution is -2.57. The van der Waals surface area contributed by atoms with Gasteiger partial charge in [-0.2, -0.15) is 0 Å². The average Bonchev–Trinajstić information content (AvgIpc) is 3.24. The second-order valence-electron chi connectivity index (χ2n) is 7.58. The molecule has 4 heteroatoms. The van der Waals surface area contributed by atoms with Crippen molar-refractivity contribution in [3.8, 4) is 0 Å². The van der Waals surface area contributed by atoms with Crippen LogP contribution in [0.25, 0.3) is 11.1 Å². The van der Waals surface area contributed by atoms with Crippen molar-refractivity contribution >= 4 is 16.9 Å². The molecule has 23 heavy (non-hydrogen) atoms. The van der Waals surface area contributed by atoms with E-state index in [-0.39, 0.29) is 5.78 Å². The van der Waals surface area contributed by atoms with Crippen LogP contribution in [0.4, 0.5) is 0 Å². The fraction of sp³-hybridized carbons (Fsp3) is 0.579. The number of rotatable bonds is 3. The molecule has 1 atom stereocenters. The number of hydrogen-bond donors (Lipinski definition) is 0. The molecule has 1 aliphatic carbocycles. The predicted molar refractivity (Wildman–Crippen MR) is 87.4 cm³/mol. The number of hydrogen-bond acceptors (Lipinski definition) is 4. The summed E-state index contributed by atoms with van der Waals surface area (Å²) < 4.78 is 5.58. The fourth-order valence-corrected chi connectivity index (χ4v) is 5.12. The van der Waals surface area contributed by atoms with Crippen LogP contribution in [0.1, 0.15) is 48.4 Å². The van der Waals surface area contributed by atoms with Crippen LogP contribution in [0, 0.1) is 18.8 Å². The molecule has 1 spiro atoms. The summed E-state index contributed by atoms with van der Waals surface area (Å²) in [6.45, 7) is 4.34. The fourth-order valence-electron chi connectivity index (χ4n) is 5.12. The van der Waals surface area contributed by atoms with Crippen LogP contribution in [-0.4, -0.2) is 34.3 Å². The predicted octanol–water partition coefficient (Wildman–Crippen LogP) is 3.58. The van der Waals surface area contributed by atoms with Crippen LogP contribution in [0.5, 0.6) is 0 Å². The molecule has 2 aromatic rings. The van der Waals surface area contributed by atoms with Crippen LogP contribution in [-0.2, 0) is 0 Å². The molecule has 1 saturated carbocycles. The van der Waals surface area contributed by atoms with Gasteiger partial charge in [0.15, 0.2) is 17.3 Å². The number of Topliss-reactive ketones (excluding diaryl/α,β-unsaturated/α-hetero) is 1. The van der Waals surface area contributed by atoms with E-state index in [1.807, 2.05) is 25.1 Å². The lowest BCUT2D eigenvalue weighted by atomic mass is 9.69. The van der Waals surface area contributed by atoms with Crippen molar-refractivity contribution in [3.05, 3.63) is 29.7 Å². The van der Waals surface area contributed by atoms with E-state index >= 15 is 0 Å². The van der Waals surface area contributed by atoms with E-state index in [0.717, 1.165) is 22.6 Å². The summed E-state index contributed by atoms with van der Waals surface area (Å²) in [6, 6.07) is 5.69. The normalized spacial score (nSPS) is 30.9. The first-order valence-corrected chi connectivity index (χ1v) is 8.81. The molecule has 120 valence electrons. The summed E-state index contributed by atoms with van der Waals surface area (Å²) in [5.74, 6) is 2.23. The molecule has 3 saturated heterocycles. The number of benzene rings is 1. The minimum absolute atomic E-state index is 0.269. The second-order valence-corrected chi connectivity index (χ2v) is 7.58. The van der Waals surface area contributed by atoms with Crippen molar-refractivity contribution in [2.75, 3.05) is 13.1 Å². The van der Waals surface area contributed by atoms with E-state index < -0.39 is 0 Å². The number of oxazole rings is 1. The highest BCUT2D eigenvalue weighted by Crippen LogP contribution is 2.58. The Bertz CT molecular complexity index is 782. The molecule has 0 amide bonds. The van der Waals surface area contributed by atoms with Gasteiger partial charge in [0.25, 0.3) is 0 Å². The molecule has 4 heterocycles. The number of piperidine rings is 3. The molecule has 2 bridgehead atoms. The molecule has 4 aliphatic rings. The molecule has 1 aromatic carbocycles. The Labute approximate surface area is 135 Å². The Balaban J connectivity index is 1.42. The third kappa shape index (κ3) is 2.01. The summed E-state index contributed by atoms with van der Waals surface area (Å²) >= 11 is 0. The van der Waals surface area contributed by atoms with Gasteiger partial charge in [-0.05, 0) is 68.8 Å². The Kier molecular flexibility index (Phi) is 2.79. The number of carbonyl (C=O) groups is 1. The molecule has 0 radical (unpaired) electrons. The summed E-state index contributed by atoms with van der Waals surface area (Å²) in [6.07, 6.45) is 5.84. The molecule has 0 unspecified atom stereocenters. The van der Waals surface area contributed by atoms with Gasteiger partial charge in [0, 0.05) is 24.4 Å². The van der Waals surface area contributed by atoms with Gasteiger partial charge in [-0.1, -0.05) is 0 Å². The van der Waals surface area contributed by atoms with Gasteiger partial charge in [0.2, 0.25) is 0 Å². The summed E-state index contributed by atoms with van der Waals surface area (Å²) in [5, 5.41) is 0. The molecule has 0 N–H and O–H groups in total. The number of nitrogens with zero attached hydrogens (tertiary/aromatic N) is 2. The number of aryl methyl sites for hydroxylation is 1. The van der Waals surface area contributed by atoms with Crippen molar-refractivity contribution < 1.29 is 9.21 Å². The number of ketones is 1. The van der Waals surface area contributed by atoms with Crippen molar-refractivity contribution in [3.63, 3.8) is 0 Å². The zero-order valence-corrected chi connectivity index (χ0v) is 13.5. The van der Waals surface area contributed by atoms with Crippen molar-refractivity contribution in [1.82, 2.24) is 9.88 Å². The third-order valence-corrected chi connectivity index (χ3v) is 6.41. The standard InChI is InChI=1S/C19H22N2O2/c1-12-20-16-3-2-14(10-18(16)23-12)17(22)11-15-13-4-8-21(9-5-13)19(15)6-7-19/h2-3,10,13,15H,4-9,11H2,1H3/t15-/m1/s1. The van der Waals surface area contributed by atoms with Gasteiger partial charge in [-0.15, -0.1) is 0 Å². The van der Waals surface area contributed by atoms with Gasteiger partial charge < -0.3 is 4.42 Å². The SMILES string of the molecule is Cc1nc2ccc(C(=O)C[C@@H]3C4CCN(CC4)C34CC4)cc2o1. The third-order valence-electron chi connectivity index (χ3n) is 6.41. The molecule has 6 rings (SSSR count). The van der Waals surface area contributed by atoms with Crippen molar-refractivity contribution in [1.29, 1.82) is 0 Å². The summed E-state index contributed by atoms with van der Waals surface area (Å²) in [4.78, 5) is 19.9. The highest BCUT2D eigenvalue weighted by molar-refractivity contribution is 5.98.